The van der Waals surface area contributed by atoms with Gasteiger partial charge in [0.15, 0.2) is 0 Å². The Morgan fingerprint density at radius 1 is 1.19 bits per heavy atom. The Bertz CT molecular complexity index is 631. The van der Waals surface area contributed by atoms with Crippen molar-refractivity contribution in [3.8, 4) is 6.07 Å². The van der Waals surface area contributed by atoms with Gasteiger partial charge in [0.25, 0.3) is 0 Å². The first-order valence-corrected chi connectivity index (χ1v) is 7.05. The van der Waals surface area contributed by atoms with Gasteiger partial charge < -0.3 is 4.90 Å². The molecule has 0 N–H and O–H groups in total. The van der Waals surface area contributed by atoms with E-state index in [1.807, 2.05) is 30.1 Å². The third-order valence-electron chi connectivity index (χ3n) is 3.74. The van der Waals surface area contributed by atoms with Gasteiger partial charge in [0.2, 0.25) is 0 Å². The van der Waals surface area contributed by atoms with Crippen LogP contribution in [0.2, 0.25) is 0 Å². The molecule has 0 bridgehead atoms. The van der Waals surface area contributed by atoms with Crippen molar-refractivity contribution in [3.05, 3.63) is 41.9 Å². The molecule has 0 aliphatic carbocycles. The SMILES string of the molecule is Cn1cc(CN2CCN(c3ccc(C#N)cn3)CC2)cn1. The summed E-state index contributed by atoms with van der Waals surface area (Å²) in [6, 6.07) is 5.85. The zero-order valence-electron chi connectivity index (χ0n) is 12.1. The molecule has 1 saturated heterocycles. The van der Waals surface area contributed by atoms with E-state index in [1.54, 1.807) is 6.20 Å². The molecule has 21 heavy (non-hydrogen) atoms. The summed E-state index contributed by atoms with van der Waals surface area (Å²) in [6.45, 7) is 4.88. The second-order valence-corrected chi connectivity index (χ2v) is 5.30. The normalized spacial score (nSPS) is 15.9. The van der Waals surface area contributed by atoms with Crippen molar-refractivity contribution in [2.75, 3.05) is 31.1 Å². The number of aromatic nitrogens is 3. The highest BCUT2D eigenvalue weighted by Crippen LogP contribution is 2.15. The highest BCUT2D eigenvalue weighted by molar-refractivity contribution is 5.42. The van der Waals surface area contributed by atoms with Crippen LogP contribution in [0.1, 0.15) is 11.1 Å². The van der Waals surface area contributed by atoms with Gasteiger partial charge in [0, 0.05) is 57.7 Å². The van der Waals surface area contributed by atoms with Crippen molar-refractivity contribution in [1.82, 2.24) is 19.7 Å². The minimum atomic E-state index is 0.606. The van der Waals surface area contributed by atoms with Crippen LogP contribution in [0.25, 0.3) is 0 Å². The standard InChI is InChI=1S/C15H18N6/c1-19-11-14(10-18-19)12-20-4-6-21(7-5-20)15-3-2-13(8-16)9-17-15/h2-3,9-11H,4-7,12H2,1H3. The van der Waals surface area contributed by atoms with Crippen molar-refractivity contribution in [1.29, 1.82) is 5.26 Å². The average Bonchev–Trinajstić information content (AvgIpc) is 2.93. The molecular weight excluding hydrogens is 264 g/mol. The van der Waals surface area contributed by atoms with Gasteiger partial charge in [-0.15, -0.1) is 0 Å². The lowest BCUT2D eigenvalue weighted by molar-refractivity contribution is 0.249. The van der Waals surface area contributed by atoms with Crippen LogP contribution in [0.4, 0.5) is 5.82 Å². The fraction of sp³-hybridized carbons (Fsp3) is 0.400. The van der Waals surface area contributed by atoms with E-state index in [0.29, 0.717) is 5.56 Å². The molecule has 0 saturated carbocycles. The lowest BCUT2D eigenvalue weighted by atomic mass is 10.2. The van der Waals surface area contributed by atoms with E-state index >= 15 is 0 Å². The van der Waals surface area contributed by atoms with Crippen LogP contribution in [0.3, 0.4) is 0 Å². The van der Waals surface area contributed by atoms with Gasteiger partial charge >= 0.3 is 0 Å². The predicted octanol–water partition coefficient (Wildman–Crippen LogP) is 1.01. The lowest BCUT2D eigenvalue weighted by Gasteiger charge is -2.35. The topological polar surface area (TPSA) is 61.0 Å². The third-order valence-corrected chi connectivity index (χ3v) is 3.74. The van der Waals surface area contributed by atoms with Crippen LogP contribution in [0, 0.1) is 11.3 Å². The van der Waals surface area contributed by atoms with Crippen molar-refractivity contribution in [2.24, 2.45) is 7.05 Å². The van der Waals surface area contributed by atoms with E-state index in [2.05, 4.69) is 32.1 Å². The summed E-state index contributed by atoms with van der Waals surface area (Å²) in [6.07, 6.45) is 5.63. The Labute approximate surface area is 124 Å². The summed E-state index contributed by atoms with van der Waals surface area (Å²) in [5, 5.41) is 13.0. The summed E-state index contributed by atoms with van der Waals surface area (Å²) in [5.74, 6) is 0.954. The van der Waals surface area contributed by atoms with E-state index in [1.165, 1.54) is 5.56 Å². The average molecular weight is 282 g/mol. The van der Waals surface area contributed by atoms with E-state index in [9.17, 15) is 0 Å². The molecule has 108 valence electrons. The quantitative estimate of drug-likeness (QED) is 0.841. The van der Waals surface area contributed by atoms with Gasteiger partial charge in [0.05, 0.1) is 11.8 Å². The van der Waals surface area contributed by atoms with Gasteiger partial charge in [-0.05, 0) is 12.1 Å². The molecule has 0 unspecified atom stereocenters. The molecular formula is C15H18N6. The Balaban J connectivity index is 1.56. The highest BCUT2D eigenvalue weighted by atomic mass is 15.3. The maximum Gasteiger partial charge on any atom is 0.128 e. The van der Waals surface area contributed by atoms with Gasteiger partial charge in [-0.2, -0.15) is 10.4 Å². The summed E-state index contributed by atoms with van der Waals surface area (Å²) in [5.41, 5.74) is 1.86. The molecule has 2 aromatic rings. The molecule has 6 heteroatoms. The van der Waals surface area contributed by atoms with E-state index in [0.717, 1.165) is 38.5 Å². The molecule has 3 heterocycles. The predicted molar refractivity (Wildman–Crippen MR) is 79.7 cm³/mol. The fourth-order valence-electron chi connectivity index (χ4n) is 2.59. The zero-order valence-corrected chi connectivity index (χ0v) is 12.1. The van der Waals surface area contributed by atoms with E-state index in [4.69, 9.17) is 5.26 Å². The van der Waals surface area contributed by atoms with Gasteiger partial charge in [-0.3, -0.25) is 9.58 Å². The van der Waals surface area contributed by atoms with E-state index in [-0.39, 0.29) is 0 Å². The Hall–Kier alpha value is -2.39. The maximum atomic E-state index is 8.80. The minimum absolute atomic E-state index is 0.606. The number of nitrogens with zero attached hydrogens (tertiary/aromatic N) is 6. The van der Waals surface area contributed by atoms with Crippen LogP contribution in [-0.4, -0.2) is 45.8 Å². The lowest BCUT2D eigenvalue weighted by Crippen LogP contribution is -2.46. The van der Waals surface area contributed by atoms with Gasteiger partial charge in [0.1, 0.15) is 11.9 Å². The van der Waals surface area contributed by atoms with Crippen molar-refractivity contribution >= 4 is 5.82 Å². The Morgan fingerprint density at radius 3 is 2.57 bits per heavy atom. The smallest absolute Gasteiger partial charge is 0.128 e. The second kappa shape index (κ2) is 5.94. The monoisotopic (exact) mass is 282 g/mol. The molecule has 3 rings (SSSR count). The van der Waals surface area contributed by atoms with E-state index < -0.39 is 0 Å². The summed E-state index contributed by atoms with van der Waals surface area (Å²) in [4.78, 5) is 9.05. The third kappa shape index (κ3) is 3.20. The number of nitriles is 1. The van der Waals surface area contributed by atoms with Crippen LogP contribution >= 0.6 is 0 Å². The number of anilines is 1. The summed E-state index contributed by atoms with van der Waals surface area (Å²) >= 11 is 0. The number of pyridine rings is 1. The maximum absolute atomic E-state index is 8.80. The molecule has 0 amide bonds. The highest BCUT2D eigenvalue weighted by Gasteiger charge is 2.18. The summed E-state index contributed by atoms with van der Waals surface area (Å²) in [7, 11) is 1.94. The molecule has 6 nitrogen and oxygen atoms in total. The molecule has 0 spiro atoms. The van der Waals surface area contributed by atoms with Gasteiger partial charge in [-0.25, -0.2) is 4.98 Å². The van der Waals surface area contributed by atoms with Crippen LogP contribution in [0.15, 0.2) is 30.7 Å². The minimum Gasteiger partial charge on any atom is -0.354 e. The van der Waals surface area contributed by atoms with Crippen molar-refractivity contribution in [3.63, 3.8) is 0 Å². The molecule has 0 radical (unpaired) electrons. The Morgan fingerprint density at radius 2 is 2.00 bits per heavy atom. The number of aryl methyl sites for hydroxylation is 1. The molecule has 1 aliphatic heterocycles. The van der Waals surface area contributed by atoms with Crippen LogP contribution < -0.4 is 4.90 Å². The molecule has 1 fully saturated rings. The Kier molecular flexibility index (Phi) is 3.84. The number of hydrogen-bond donors (Lipinski definition) is 0. The number of hydrogen-bond acceptors (Lipinski definition) is 5. The summed E-state index contributed by atoms with van der Waals surface area (Å²) < 4.78 is 1.84. The van der Waals surface area contributed by atoms with Crippen LogP contribution in [0.5, 0.6) is 0 Å². The van der Waals surface area contributed by atoms with Gasteiger partial charge in [-0.1, -0.05) is 0 Å². The molecule has 0 atom stereocenters. The van der Waals surface area contributed by atoms with Crippen LogP contribution in [-0.2, 0) is 13.6 Å². The number of piperazine rings is 1. The largest absolute Gasteiger partial charge is 0.354 e. The fourth-order valence-corrected chi connectivity index (χ4v) is 2.59. The first kappa shape index (κ1) is 13.6. The van der Waals surface area contributed by atoms with Crippen molar-refractivity contribution < 1.29 is 0 Å². The first-order chi connectivity index (χ1) is 10.2. The molecule has 1 aliphatic rings. The molecule has 2 aromatic heterocycles. The number of rotatable bonds is 3. The zero-order chi connectivity index (χ0) is 14.7. The van der Waals surface area contributed by atoms with Crippen molar-refractivity contribution in [2.45, 2.75) is 6.54 Å². The molecule has 0 aromatic carbocycles. The second-order valence-electron chi connectivity index (χ2n) is 5.30. The first-order valence-electron chi connectivity index (χ1n) is 7.05.